The van der Waals surface area contributed by atoms with Crippen molar-refractivity contribution in [1.82, 2.24) is 19.8 Å². The van der Waals surface area contributed by atoms with Gasteiger partial charge in [-0.3, -0.25) is 9.59 Å². The standard InChI is InChI=1S/C18H21N5O2/c24-14-22-8-10-23(11-9-22)18(25)16-12-21-17(13-20-16)19-7-6-15-4-2-1-3-5-15/h1-5,12-14H,6-11H2,(H,19,21). The third kappa shape index (κ3) is 4.53. The second kappa shape index (κ2) is 8.23. The molecule has 1 saturated heterocycles. The minimum absolute atomic E-state index is 0.145. The number of amides is 2. The maximum Gasteiger partial charge on any atom is 0.274 e. The molecule has 0 spiro atoms. The normalized spacial score (nSPS) is 14.2. The average molecular weight is 339 g/mol. The topological polar surface area (TPSA) is 78.4 Å². The summed E-state index contributed by atoms with van der Waals surface area (Å²) in [4.78, 5) is 35.0. The van der Waals surface area contributed by atoms with Gasteiger partial charge in [-0.15, -0.1) is 0 Å². The van der Waals surface area contributed by atoms with Gasteiger partial charge in [-0.05, 0) is 12.0 Å². The molecule has 1 fully saturated rings. The predicted octanol–water partition coefficient (Wildman–Crippen LogP) is 1.05. The second-order valence-electron chi connectivity index (χ2n) is 5.88. The van der Waals surface area contributed by atoms with Crippen molar-refractivity contribution in [1.29, 1.82) is 0 Å². The molecule has 2 heterocycles. The zero-order valence-electron chi connectivity index (χ0n) is 14.0. The van der Waals surface area contributed by atoms with Crippen molar-refractivity contribution in [3.63, 3.8) is 0 Å². The molecule has 1 aliphatic rings. The summed E-state index contributed by atoms with van der Waals surface area (Å²) in [5.41, 5.74) is 1.58. The van der Waals surface area contributed by atoms with E-state index in [4.69, 9.17) is 0 Å². The van der Waals surface area contributed by atoms with Crippen molar-refractivity contribution in [2.24, 2.45) is 0 Å². The molecule has 0 unspecified atom stereocenters. The molecule has 1 aromatic heterocycles. The van der Waals surface area contributed by atoms with Crippen molar-refractivity contribution in [3.05, 3.63) is 54.0 Å². The van der Waals surface area contributed by atoms with E-state index in [1.54, 1.807) is 16.0 Å². The maximum absolute atomic E-state index is 12.4. The van der Waals surface area contributed by atoms with Crippen molar-refractivity contribution < 1.29 is 9.59 Å². The van der Waals surface area contributed by atoms with E-state index in [9.17, 15) is 9.59 Å². The lowest BCUT2D eigenvalue weighted by Gasteiger charge is -2.32. The van der Waals surface area contributed by atoms with E-state index in [0.717, 1.165) is 19.4 Å². The zero-order chi connectivity index (χ0) is 17.5. The van der Waals surface area contributed by atoms with Gasteiger partial charge in [0.1, 0.15) is 11.5 Å². The molecule has 3 rings (SSSR count). The number of nitrogens with one attached hydrogen (secondary N) is 1. The molecule has 1 aliphatic heterocycles. The average Bonchev–Trinajstić information content (AvgIpc) is 2.69. The van der Waals surface area contributed by atoms with Gasteiger partial charge in [0, 0.05) is 32.7 Å². The highest BCUT2D eigenvalue weighted by Gasteiger charge is 2.22. The smallest absolute Gasteiger partial charge is 0.274 e. The molecule has 130 valence electrons. The summed E-state index contributed by atoms with van der Waals surface area (Å²) in [6, 6.07) is 10.2. The molecule has 0 aliphatic carbocycles. The number of anilines is 1. The lowest BCUT2D eigenvalue weighted by atomic mass is 10.1. The Labute approximate surface area is 146 Å². The molecule has 0 bridgehead atoms. The number of carbonyl (C=O) groups is 2. The minimum Gasteiger partial charge on any atom is -0.368 e. The van der Waals surface area contributed by atoms with Gasteiger partial charge in [-0.25, -0.2) is 9.97 Å². The van der Waals surface area contributed by atoms with Crippen LogP contribution in [-0.2, 0) is 11.2 Å². The van der Waals surface area contributed by atoms with Crippen LogP contribution in [0.2, 0.25) is 0 Å². The van der Waals surface area contributed by atoms with E-state index < -0.39 is 0 Å². The molecule has 1 aromatic carbocycles. The van der Waals surface area contributed by atoms with Gasteiger partial charge in [-0.1, -0.05) is 30.3 Å². The molecular formula is C18H21N5O2. The summed E-state index contributed by atoms with van der Waals surface area (Å²) in [6.07, 6.45) is 4.79. The fourth-order valence-electron chi connectivity index (χ4n) is 2.70. The summed E-state index contributed by atoms with van der Waals surface area (Å²) in [5, 5.41) is 3.21. The Morgan fingerprint density at radius 2 is 1.84 bits per heavy atom. The summed E-state index contributed by atoms with van der Waals surface area (Å²) < 4.78 is 0. The van der Waals surface area contributed by atoms with E-state index in [-0.39, 0.29) is 5.91 Å². The number of aromatic nitrogens is 2. The molecule has 2 amide bonds. The predicted molar refractivity (Wildman–Crippen MR) is 94.2 cm³/mol. The Morgan fingerprint density at radius 1 is 1.08 bits per heavy atom. The van der Waals surface area contributed by atoms with E-state index in [1.165, 1.54) is 11.8 Å². The molecule has 2 aromatic rings. The largest absolute Gasteiger partial charge is 0.368 e. The number of benzene rings is 1. The quantitative estimate of drug-likeness (QED) is 0.796. The highest BCUT2D eigenvalue weighted by Crippen LogP contribution is 2.08. The van der Waals surface area contributed by atoms with Crippen molar-refractivity contribution in [3.8, 4) is 0 Å². The van der Waals surface area contributed by atoms with Crippen LogP contribution in [0.3, 0.4) is 0 Å². The molecule has 0 saturated carbocycles. The van der Waals surface area contributed by atoms with Gasteiger partial charge in [-0.2, -0.15) is 0 Å². The summed E-state index contributed by atoms with van der Waals surface area (Å²) in [5.74, 6) is 0.507. The van der Waals surface area contributed by atoms with Crippen molar-refractivity contribution in [2.75, 3.05) is 38.0 Å². The molecular weight excluding hydrogens is 318 g/mol. The lowest BCUT2D eigenvalue weighted by molar-refractivity contribution is -0.119. The fourth-order valence-corrected chi connectivity index (χ4v) is 2.70. The van der Waals surface area contributed by atoms with Crippen molar-refractivity contribution in [2.45, 2.75) is 6.42 Å². The van der Waals surface area contributed by atoms with Crippen LogP contribution >= 0.6 is 0 Å². The third-order valence-electron chi connectivity index (χ3n) is 4.18. The lowest BCUT2D eigenvalue weighted by Crippen LogP contribution is -2.48. The first-order chi connectivity index (χ1) is 12.3. The highest BCUT2D eigenvalue weighted by molar-refractivity contribution is 5.92. The van der Waals surface area contributed by atoms with Crippen LogP contribution < -0.4 is 5.32 Å². The monoisotopic (exact) mass is 339 g/mol. The Morgan fingerprint density at radius 3 is 2.48 bits per heavy atom. The summed E-state index contributed by atoms with van der Waals surface area (Å²) in [7, 11) is 0. The van der Waals surface area contributed by atoms with Crippen LogP contribution in [0.4, 0.5) is 5.82 Å². The SMILES string of the molecule is O=CN1CCN(C(=O)c2cnc(NCCc3ccccc3)cn2)CC1. The van der Waals surface area contributed by atoms with Crippen LogP contribution in [0.1, 0.15) is 16.1 Å². The Kier molecular flexibility index (Phi) is 5.56. The highest BCUT2D eigenvalue weighted by atomic mass is 16.2. The zero-order valence-corrected chi connectivity index (χ0v) is 14.0. The number of hydrogen-bond donors (Lipinski definition) is 1. The molecule has 7 nitrogen and oxygen atoms in total. The van der Waals surface area contributed by atoms with Crippen LogP contribution in [0.15, 0.2) is 42.7 Å². The summed E-state index contributed by atoms with van der Waals surface area (Å²) >= 11 is 0. The molecule has 0 radical (unpaired) electrons. The van der Waals surface area contributed by atoms with Crippen LogP contribution in [0, 0.1) is 0 Å². The van der Waals surface area contributed by atoms with E-state index in [2.05, 4.69) is 27.4 Å². The number of rotatable bonds is 6. The summed E-state index contributed by atoms with van der Waals surface area (Å²) in [6.45, 7) is 2.91. The first-order valence-electron chi connectivity index (χ1n) is 8.35. The first-order valence-corrected chi connectivity index (χ1v) is 8.35. The molecule has 0 atom stereocenters. The molecule has 1 N–H and O–H groups in total. The van der Waals surface area contributed by atoms with Crippen LogP contribution in [0.25, 0.3) is 0 Å². The minimum atomic E-state index is -0.145. The molecule has 7 heteroatoms. The van der Waals surface area contributed by atoms with Crippen molar-refractivity contribution >= 4 is 18.1 Å². The number of hydrogen-bond acceptors (Lipinski definition) is 5. The molecule has 25 heavy (non-hydrogen) atoms. The Bertz CT molecular complexity index is 697. The number of piperazine rings is 1. The van der Waals surface area contributed by atoms with Gasteiger partial charge in [0.2, 0.25) is 6.41 Å². The Balaban J connectivity index is 1.50. The van der Waals surface area contributed by atoms with Crippen LogP contribution in [0.5, 0.6) is 0 Å². The van der Waals surface area contributed by atoms with E-state index >= 15 is 0 Å². The van der Waals surface area contributed by atoms with Gasteiger partial charge < -0.3 is 15.1 Å². The number of nitrogens with zero attached hydrogens (tertiary/aromatic N) is 4. The third-order valence-corrected chi connectivity index (χ3v) is 4.18. The fraction of sp³-hybridized carbons (Fsp3) is 0.333. The van der Waals surface area contributed by atoms with Gasteiger partial charge in [0.25, 0.3) is 5.91 Å². The van der Waals surface area contributed by atoms with Gasteiger partial charge >= 0.3 is 0 Å². The van der Waals surface area contributed by atoms with E-state index in [1.807, 2.05) is 18.2 Å². The van der Waals surface area contributed by atoms with Gasteiger partial charge in [0.15, 0.2) is 0 Å². The second-order valence-corrected chi connectivity index (χ2v) is 5.88. The first kappa shape index (κ1) is 16.9. The van der Waals surface area contributed by atoms with Crippen LogP contribution in [-0.4, -0.2) is 64.8 Å². The van der Waals surface area contributed by atoms with Gasteiger partial charge in [0.05, 0.1) is 12.4 Å². The number of carbonyl (C=O) groups excluding carboxylic acids is 2. The Hall–Kier alpha value is -2.96. The maximum atomic E-state index is 12.4. The van der Waals surface area contributed by atoms with E-state index in [0.29, 0.717) is 37.7 Å².